The van der Waals surface area contributed by atoms with Crippen LogP contribution in [0, 0.1) is 6.92 Å². The summed E-state index contributed by atoms with van der Waals surface area (Å²) in [4.78, 5) is 24.7. The molecule has 1 heterocycles. The van der Waals surface area contributed by atoms with Crippen molar-refractivity contribution in [2.75, 3.05) is 5.32 Å². The molecule has 0 fully saturated rings. The highest BCUT2D eigenvalue weighted by Crippen LogP contribution is 2.23. The number of aryl methyl sites for hydroxylation is 1. The molecule has 2 aromatic rings. The highest BCUT2D eigenvalue weighted by Gasteiger charge is 2.14. The van der Waals surface area contributed by atoms with Gasteiger partial charge in [0.1, 0.15) is 0 Å². The van der Waals surface area contributed by atoms with Crippen LogP contribution in [0.1, 0.15) is 24.9 Å². The van der Waals surface area contributed by atoms with Gasteiger partial charge >= 0.3 is 5.97 Å². The number of thiophene rings is 1. The monoisotopic (exact) mass is 339 g/mol. The lowest BCUT2D eigenvalue weighted by Gasteiger charge is -2.07. The number of aromatic carboxylic acids is 1. The molecule has 1 aromatic carbocycles. The highest BCUT2D eigenvalue weighted by molar-refractivity contribution is 9.10. The Bertz CT molecular complexity index is 651. The van der Waals surface area contributed by atoms with Crippen LogP contribution in [-0.2, 0) is 0 Å². The molecule has 0 radical (unpaired) electrons. The lowest BCUT2D eigenvalue weighted by Crippen LogP contribution is -2.13. The summed E-state index contributed by atoms with van der Waals surface area (Å²) in [6, 6.07) is 8.26. The van der Waals surface area contributed by atoms with Gasteiger partial charge in [-0.15, -0.1) is 11.3 Å². The maximum atomic E-state index is 12.0. The van der Waals surface area contributed by atoms with Gasteiger partial charge in [0.2, 0.25) is 0 Å². The van der Waals surface area contributed by atoms with Gasteiger partial charge in [-0.2, -0.15) is 0 Å². The Morgan fingerprint density at radius 1 is 1.26 bits per heavy atom. The summed E-state index contributed by atoms with van der Waals surface area (Å²) >= 11 is 4.57. The Kier molecular flexibility index (Phi) is 4.01. The number of amides is 1. The first-order chi connectivity index (χ1) is 8.97. The van der Waals surface area contributed by atoms with Gasteiger partial charge in [0, 0.05) is 9.35 Å². The van der Waals surface area contributed by atoms with Crippen molar-refractivity contribution in [3.63, 3.8) is 0 Å². The smallest absolute Gasteiger partial charge is 0.337 e. The average Bonchev–Trinajstić information content (AvgIpc) is 2.78. The summed E-state index contributed by atoms with van der Waals surface area (Å²) in [7, 11) is 0. The van der Waals surface area contributed by atoms with Crippen molar-refractivity contribution in [3.8, 4) is 0 Å². The summed E-state index contributed by atoms with van der Waals surface area (Å²) in [5, 5.41) is 11.7. The van der Waals surface area contributed by atoms with Crippen molar-refractivity contribution >= 4 is 44.8 Å². The normalized spacial score (nSPS) is 10.2. The van der Waals surface area contributed by atoms with Crippen LogP contribution in [0.15, 0.2) is 34.8 Å². The molecule has 1 aromatic heterocycles. The molecule has 98 valence electrons. The van der Waals surface area contributed by atoms with E-state index in [-0.39, 0.29) is 17.2 Å². The van der Waals surface area contributed by atoms with Crippen molar-refractivity contribution in [3.05, 3.63) is 50.1 Å². The zero-order valence-electron chi connectivity index (χ0n) is 9.94. The predicted octanol–water partition coefficient (Wildman–Crippen LogP) is 3.77. The quantitative estimate of drug-likeness (QED) is 0.894. The molecule has 0 atom stereocenters. The third-order valence-electron chi connectivity index (χ3n) is 2.42. The van der Waals surface area contributed by atoms with Crippen LogP contribution in [0.4, 0.5) is 5.69 Å². The maximum absolute atomic E-state index is 12.0. The molecular formula is C13H10BrNO3S. The Hall–Kier alpha value is -1.66. The van der Waals surface area contributed by atoms with Gasteiger partial charge in [-0.05, 0) is 37.3 Å². The molecule has 2 N–H and O–H groups in total. The first-order valence-electron chi connectivity index (χ1n) is 5.38. The fourth-order valence-electron chi connectivity index (χ4n) is 1.54. The van der Waals surface area contributed by atoms with Crippen LogP contribution in [0.2, 0.25) is 0 Å². The van der Waals surface area contributed by atoms with E-state index >= 15 is 0 Å². The summed E-state index contributed by atoms with van der Waals surface area (Å²) in [5.41, 5.74) is 0.336. The summed E-state index contributed by atoms with van der Waals surface area (Å²) < 4.78 is 0.648. The third-order valence-corrected chi connectivity index (χ3v) is 3.92. The van der Waals surface area contributed by atoms with Gasteiger partial charge in [0.15, 0.2) is 0 Å². The molecule has 0 bridgehead atoms. The lowest BCUT2D eigenvalue weighted by atomic mass is 10.2. The molecule has 6 heteroatoms. The van der Waals surface area contributed by atoms with Gasteiger partial charge in [-0.3, -0.25) is 4.79 Å². The molecule has 0 saturated heterocycles. The van der Waals surface area contributed by atoms with Crippen LogP contribution in [0.25, 0.3) is 0 Å². The van der Waals surface area contributed by atoms with Crippen molar-refractivity contribution < 1.29 is 14.7 Å². The second kappa shape index (κ2) is 5.54. The molecule has 4 nitrogen and oxygen atoms in total. The minimum atomic E-state index is -1.08. The Morgan fingerprint density at radius 2 is 2.00 bits per heavy atom. The molecular weight excluding hydrogens is 330 g/mol. The van der Waals surface area contributed by atoms with Gasteiger partial charge in [-0.25, -0.2) is 4.79 Å². The number of rotatable bonds is 3. The van der Waals surface area contributed by atoms with E-state index in [4.69, 9.17) is 5.11 Å². The summed E-state index contributed by atoms with van der Waals surface area (Å²) in [5.74, 6) is -1.39. The number of benzene rings is 1. The molecule has 2 rings (SSSR count). The van der Waals surface area contributed by atoms with Crippen LogP contribution in [-0.4, -0.2) is 17.0 Å². The standard InChI is InChI=1S/C13H10BrNO3S/c1-7-2-5-11(19-7)12(16)15-10-4-3-8(14)6-9(10)13(17)18/h2-6H,1H3,(H,15,16)(H,17,18). The number of anilines is 1. The predicted molar refractivity (Wildman–Crippen MR) is 78.1 cm³/mol. The number of hydrogen-bond donors (Lipinski definition) is 2. The molecule has 0 aliphatic carbocycles. The van der Waals surface area contributed by atoms with Crippen LogP contribution in [0.5, 0.6) is 0 Å². The van der Waals surface area contributed by atoms with E-state index in [1.807, 2.05) is 13.0 Å². The molecule has 0 aliphatic heterocycles. The molecule has 0 aliphatic rings. The molecule has 0 unspecified atom stereocenters. The van der Waals surface area contributed by atoms with Crippen molar-refractivity contribution in [1.82, 2.24) is 0 Å². The number of hydrogen-bond acceptors (Lipinski definition) is 3. The lowest BCUT2D eigenvalue weighted by molar-refractivity contribution is 0.0698. The minimum absolute atomic E-state index is 0.0519. The molecule has 19 heavy (non-hydrogen) atoms. The van der Waals surface area contributed by atoms with Crippen molar-refractivity contribution in [1.29, 1.82) is 0 Å². The highest BCUT2D eigenvalue weighted by atomic mass is 79.9. The Morgan fingerprint density at radius 3 is 2.58 bits per heavy atom. The molecule has 1 amide bonds. The van der Waals surface area contributed by atoms with E-state index in [0.717, 1.165) is 4.88 Å². The number of carboxylic acids is 1. The van der Waals surface area contributed by atoms with E-state index in [0.29, 0.717) is 9.35 Å². The van der Waals surface area contributed by atoms with E-state index in [1.54, 1.807) is 18.2 Å². The minimum Gasteiger partial charge on any atom is -0.478 e. The third kappa shape index (κ3) is 3.21. The van der Waals surface area contributed by atoms with Crippen LogP contribution < -0.4 is 5.32 Å². The SMILES string of the molecule is Cc1ccc(C(=O)Nc2ccc(Br)cc2C(=O)O)s1. The summed E-state index contributed by atoms with van der Waals surface area (Å²) in [6.45, 7) is 1.91. The van der Waals surface area contributed by atoms with E-state index in [9.17, 15) is 9.59 Å². The van der Waals surface area contributed by atoms with Gasteiger partial charge < -0.3 is 10.4 Å². The fraction of sp³-hybridized carbons (Fsp3) is 0.0769. The maximum Gasteiger partial charge on any atom is 0.337 e. The number of carbonyl (C=O) groups is 2. The van der Waals surface area contributed by atoms with E-state index < -0.39 is 5.97 Å². The van der Waals surface area contributed by atoms with Gasteiger partial charge in [0.25, 0.3) is 5.91 Å². The molecule has 0 spiro atoms. The average molecular weight is 340 g/mol. The largest absolute Gasteiger partial charge is 0.478 e. The number of carbonyl (C=O) groups excluding carboxylic acids is 1. The Balaban J connectivity index is 2.28. The fourth-order valence-corrected chi connectivity index (χ4v) is 2.67. The topological polar surface area (TPSA) is 66.4 Å². The first-order valence-corrected chi connectivity index (χ1v) is 6.99. The van der Waals surface area contributed by atoms with Crippen molar-refractivity contribution in [2.45, 2.75) is 6.92 Å². The van der Waals surface area contributed by atoms with Gasteiger partial charge in [0.05, 0.1) is 16.1 Å². The summed E-state index contributed by atoms with van der Waals surface area (Å²) in [6.07, 6.45) is 0. The Labute approximate surface area is 122 Å². The first kappa shape index (κ1) is 13.8. The van der Waals surface area contributed by atoms with E-state index in [2.05, 4.69) is 21.2 Å². The zero-order valence-corrected chi connectivity index (χ0v) is 12.3. The molecule has 0 saturated carbocycles. The zero-order chi connectivity index (χ0) is 14.0. The van der Waals surface area contributed by atoms with Crippen LogP contribution in [0.3, 0.4) is 0 Å². The van der Waals surface area contributed by atoms with Crippen molar-refractivity contribution in [2.24, 2.45) is 0 Å². The number of carboxylic acid groups (broad SMARTS) is 1. The second-order valence-corrected chi connectivity index (χ2v) is 6.06. The van der Waals surface area contributed by atoms with Crippen LogP contribution >= 0.6 is 27.3 Å². The number of nitrogens with one attached hydrogen (secondary N) is 1. The van der Waals surface area contributed by atoms with E-state index in [1.165, 1.54) is 17.4 Å². The second-order valence-electron chi connectivity index (χ2n) is 3.86. The van der Waals surface area contributed by atoms with Gasteiger partial charge in [-0.1, -0.05) is 15.9 Å². The number of halogens is 1.